The van der Waals surface area contributed by atoms with Gasteiger partial charge in [0.05, 0.1) is 5.69 Å². The topological polar surface area (TPSA) is 21.6 Å². The lowest BCUT2D eigenvalue weighted by Gasteiger charge is -2.30. The zero-order chi connectivity index (χ0) is 21.0. The second kappa shape index (κ2) is 8.75. The number of hydrogen-bond acceptors (Lipinski definition) is 2. The van der Waals surface area contributed by atoms with E-state index in [4.69, 9.17) is 9.73 Å². The molecule has 1 aliphatic heterocycles. The summed E-state index contributed by atoms with van der Waals surface area (Å²) in [6, 6.07) is 37.0. The van der Waals surface area contributed by atoms with Crippen molar-refractivity contribution in [2.45, 2.75) is 5.92 Å². The van der Waals surface area contributed by atoms with Gasteiger partial charge in [-0.2, -0.15) is 0 Å². The Bertz CT molecular complexity index is 1260. The quantitative estimate of drug-likeness (QED) is 0.281. The van der Waals surface area contributed by atoms with Gasteiger partial charge in [-0.1, -0.05) is 91.0 Å². The molecule has 31 heavy (non-hydrogen) atoms. The average molecular weight is 466 g/mol. The predicted octanol–water partition coefficient (Wildman–Crippen LogP) is 7.79. The molecule has 0 bridgehead atoms. The van der Waals surface area contributed by atoms with E-state index in [2.05, 4.69) is 64.5 Å². The molecule has 0 saturated heterocycles. The third-order valence-corrected chi connectivity index (χ3v) is 6.05. The van der Waals surface area contributed by atoms with Gasteiger partial charge in [-0.15, -0.1) is 0 Å². The fraction of sp³-hybridized carbons (Fsp3) is 0.0357. The summed E-state index contributed by atoms with van der Waals surface area (Å²) in [6.45, 7) is 0. The van der Waals surface area contributed by atoms with E-state index in [1.807, 2.05) is 66.9 Å². The Morgan fingerprint density at radius 2 is 1.35 bits per heavy atom. The van der Waals surface area contributed by atoms with Crippen molar-refractivity contribution in [2.75, 3.05) is 0 Å². The zero-order valence-electron chi connectivity index (χ0n) is 16.8. The van der Waals surface area contributed by atoms with Crippen molar-refractivity contribution in [3.8, 4) is 5.75 Å². The first-order valence-electron chi connectivity index (χ1n) is 10.2. The summed E-state index contributed by atoms with van der Waals surface area (Å²) in [5, 5.41) is 0. The summed E-state index contributed by atoms with van der Waals surface area (Å²) in [4.78, 5) is 4.84. The summed E-state index contributed by atoms with van der Waals surface area (Å²) in [6.07, 6.45) is 1.95. The fourth-order valence-electron chi connectivity index (χ4n) is 3.93. The number of hydrogen-bond donors (Lipinski definition) is 0. The van der Waals surface area contributed by atoms with Crippen molar-refractivity contribution in [2.24, 2.45) is 4.99 Å². The standard InChI is InChI=1S/C28H20BrNO/c29-24-16-8-9-17-25(24)30-19-23-27(20-11-3-1-4-12-20)22-15-7-10-18-26(22)31-28(23)21-13-5-2-6-14-21/h1-19,27H. The van der Waals surface area contributed by atoms with Crippen LogP contribution in [0.15, 0.2) is 124 Å². The predicted molar refractivity (Wildman–Crippen MR) is 131 cm³/mol. The van der Waals surface area contributed by atoms with E-state index in [0.29, 0.717) is 0 Å². The lowest BCUT2D eigenvalue weighted by Crippen LogP contribution is -2.17. The molecule has 0 saturated carbocycles. The number of halogens is 1. The molecule has 0 amide bonds. The van der Waals surface area contributed by atoms with Crippen molar-refractivity contribution in [1.29, 1.82) is 0 Å². The smallest absolute Gasteiger partial charge is 0.140 e. The van der Waals surface area contributed by atoms with Crippen LogP contribution in [0.1, 0.15) is 22.6 Å². The van der Waals surface area contributed by atoms with Gasteiger partial charge in [0, 0.05) is 33.3 Å². The van der Waals surface area contributed by atoms with Gasteiger partial charge in [0.1, 0.15) is 11.5 Å². The Kier molecular flexibility index (Phi) is 5.51. The Hall–Kier alpha value is -3.43. The number of aliphatic imine (C=N–C) groups is 1. The number of nitrogens with zero attached hydrogens (tertiary/aromatic N) is 1. The fourth-order valence-corrected chi connectivity index (χ4v) is 4.32. The van der Waals surface area contributed by atoms with E-state index < -0.39 is 0 Å². The summed E-state index contributed by atoms with van der Waals surface area (Å²) in [7, 11) is 0. The number of para-hydroxylation sites is 2. The molecule has 0 aliphatic carbocycles. The highest BCUT2D eigenvalue weighted by atomic mass is 79.9. The lowest BCUT2D eigenvalue weighted by atomic mass is 9.81. The van der Waals surface area contributed by atoms with Gasteiger partial charge in [0.2, 0.25) is 0 Å². The molecule has 5 rings (SSSR count). The zero-order valence-corrected chi connectivity index (χ0v) is 18.4. The van der Waals surface area contributed by atoms with Crippen molar-refractivity contribution in [3.05, 3.63) is 136 Å². The maximum absolute atomic E-state index is 6.48. The summed E-state index contributed by atoms with van der Waals surface area (Å²) in [5.74, 6) is 1.74. The molecule has 0 radical (unpaired) electrons. The lowest BCUT2D eigenvalue weighted by molar-refractivity contribution is 0.489. The molecule has 0 fully saturated rings. The van der Waals surface area contributed by atoms with Crippen LogP contribution >= 0.6 is 15.9 Å². The van der Waals surface area contributed by atoms with Crippen LogP contribution in [0.3, 0.4) is 0 Å². The Morgan fingerprint density at radius 1 is 0.710 bits per heavy atom. The van der Waals surface area contributed by atoms with E-state index >= 15 is 0 Å². The minimum atomic E-state index is 0.0209. The molecule has 1 aliphatic rings. The number of rotatable bonds is 4. The van der Waals surface area contributed by atoms with Gasteiger partial charge < -0.3 is 4.74 Å². The number of benzene rings is 4. The molecule has 150 valence electrons. The maximum atomic E-state index is 6.48. The first-order valence-corrected chi connectivity index (χ1v) is 11.0. The first kappa shape index (κ1) is 19.5. The number of fused-ring (bicyclic) bond motifs is 1. The second-order valence-corrected chi connectivity index (χ2v) is 8.20. The highest BCUT2D eigenvalue weighted by Gasteiger charge is 2.30. The molecule has 4 aromatic rings. The van der Waals surface area contributed by atoms with Crippen molar-refractivity contribution in [3.63, 3.8) is 0 Å². The van der Waals surface area contributed by atoms with E-state index in [9.17, 15) is 0 Å². The van der Waals surface area contributed by atoms with E-state index in [0.717, 1.165) is 38.4 Å². The SMILES string of the molecule is Brc1ccccc1N=CC1=C(c2ccccc2)Oc2ccccc2C1c1ccccc1. The van der Waals surface area contributed by atoms with E-state index in [-0.39, 0.29) is 5.92 Å². The van der Waals surface area contributed by atoms with Crippen LogP contribution in [0.2, 0.25) is 0 Å². The van der Waals surface area contributed by atoms with Crippen LogP contribution in [-0.4, -0.2) is 6.21 Å². The second-order valence-electron chi connectivity index (χ2n) is 7.34. The highest BCUT2D eigenvalue weighted by Crippen LogP contribution is 2.45. The third kappa shape index (κ3) is 3.97. The van der Waals surface area contributed by atoms with Crippen LogP contribution < -0.4 is 4.74 Å². The molecule has 4 aromatic carbocycles. The van der Waals surface area contributed by atoms with Crippen LogP contribution in [-0.2, 0) is 0 Å². The van der Waals surface area contributed by atoms with Gasteiger partial charge in [0.25, 0.3) is 0 Å². The van der Waals surface area contributed by atoms with Gasteiger partial charge in [-0.05, 0) is 39.7 Å². The monoisotopic (exact) mass is 465 g/mol. The number of allylic oxidation sites excluding steroid dienone is 1. The van der Waals surface area contributed by atoms with Crippen molar-refractivity contribution in [1.82, 2.24) is 0 Å². The summed E-state index contributed by atoms with van der Waals surface area (Å²) >= 11 is 3.61. The van der Waals surface area contributed by atoms with E-state index in [1.54, 1.807) is 0 Å². The molecular formula is C28H20BrNO. The minimum absolute atomic E-state index is 0.0209. The molecule has 0 spiro atoms. The molecule has 1 heterocycles. The Balaban J connectivity index is 1.74. The van der Waals surface area contributed by atoms with Crippen molar-refractivity contribution < 1.29 is 4.74 Å². The van der Waals surface area contributed by atoms with Crippen LogP contribution in [0, 0.1) is 0 Å². The van der Waals surface area contributed by atoms with Gasteiger partial charge in [0.15, 0.2) is 0 Å². The Labute approximate surface area is 190 Å². The normalized spacial score (nSPS) is 15.6. The van der Waals surface area contributed by atoms with Gasteiger partial charge in [-0.25, -0.2) is 0 Å². The summed E-state index contributed by atoms with van der Waals surface area (Å²) < 4.78 is 7.44. The Morgan fingerprint density at radius 3 is 2.13 bits per heavy atom. The van der Waals surface area contributed by atoms with E-state index in [1.165, 1.54) is 5.56 Å². The molecule has 1 unspecified atom stereocenters. The molecule has 2 nitrogen and oxygen atoms in total. The number of ether oxygens (including phenoxy) is 1. The molecular weight excluding hydrogens is 446 g/mol. The third-order valence-electron chi connectivity index (χ3n) is 5.38. The van der Waals surface area contributed by atoms with Crippen molar-refractivity contribution >= 4 is 33.6 Å². The minimum Gasteiger partial charge on any atom is -0.456 e. The molecule has 3 heteroatoms. The first-order chi connectivity index (χ1) is 15.3. The molecule has 0 aromatic heterocycles. The highest BCUT2D eigenvalue weighted by molar-refractivity contribution is 9.10. The van der Waals surface area contributed by atoms with Crippen LogP contribution in [0.4, 0.5) is 5.69 Å². The summed E-state index contributed by atoms with van der Waals surface area (Å²) in [5.41, 5.74) is 5.30. The molecule has 0 N–H and O–H groups in total. The van der Waals surface area contributed by atoms with Gasteiger partial charge >= 0.3 is 0 Å². The van der Waals surface area contributed by atoms with Gasteiger partial charge in [-0.3, -0.25) is 4.99 Å². The average Bonchev–Trinajstić information content (AvgIpc) is 2.84. The molecule has 1 atom stereocenters. The van der Waals surface area contributed by atoms with Crippen LogP contribution in [0.25, 0.3) is 5.76 Å². The maximum Gasteiger partial charge on any atom is 0.140 e. The largest absolute Gasteiger partial charge is 0.456 e. The van der Waals surface area contributed by atoms with Crippen LogP contribution in [0.5, 0.6) is 5.75 Å².